The van der Waals surface area contributed by atoms with Gasteiger partial charge < -0.3 is 10.6 Å². The van der Waals surface area contributed by atoms with Crippen LogP contribution < -0.4 is 10.6 Å². The minimum absolute atomic E-state index is 0.618. The largest absolute Gasteiger partial charge is 0.346 e. The zero-order chi connectivity index (χ0) is 13.8. The molecule has 0 amide bonds. The first-order chi connectivity index (χ1) is 9.85. The van der Waals surface area contributed by atoms with Gasteiger partial charge in [0.25, 0.3) is 0 Å². The van der Waals surface area contributed by atoms with E-state index in [-0.39, 0.29) is 0 Å². The Labute approximate surface area is 123 Å². The third kappa shape index (κ3) is 3.17. The van der Waals surface area contributed by atoms with Gasteiger partial charge in [0.2, 0.25) is 0 Å². The van der Waals surface area contributed by atoms with Crippen LogP contribution in [-0.4, -0.2) is 36.1 Å². The molecule has 3 rings (SSSR count). The minimum atomic E-state index is 0.618. The minimum Gasteiger partial charge on any atom is -0.346 e. The van der Waals surface area contributed by atoms with Crippen LogP contribution in [0, 0.1) is 0 Å². The number of hydrogen-bond acceptors (Lipinski definition) is 5. The number of hydrogen-bond donors (Lipinski definition) is 1. The SMILES string of the molecule is NCc1ccc(CN2CCN(c3nccs3)CC2)cc1. The smallest absolute Gasteiger partial charge is 0.185 e. The third-order valence-electron chi connectivity index (χ3n) is 3.73. The standard InChI is InChI=1S/C15H20N4S/c16-11-13-1-3-14(4-2-13)12-18-6-8-19(9-7-18)15-17-5-10-20-15/h1-5,10H,6-9,11-12,16H2. The van der Waals surface area contributed by atoms with Crippen molar-refractivity contribution in [3.63, 3.8) is 0 Å². The predicted molar refractivity (Wildman–Crippen MR) is 83.9 cm³/mol. The van der Waals surface area contributed by atoms with E-state index >= 15 is 0 Å². The van der Waals surface area contributed by atoms with E-state index in [9.17, 15) is 0 Å². The fourth-order valence-corrected chi connectivity index (χ4v) is 3.21. The van der Waals surface area contributed by atoms with Gasteiger partial charge in [-0.15, -0.1) is 11.3 Å². The van der Waals surface area contributed by atoms with E-state index in [1.807, 2.05) is 11.6 Å². The van der Waals surface area contributed by atoms with E-state index in [1.165, 1.54) is 11.1 Å². The molecule has 1 aliphatic rings. The molecule has 1 fully saturated rings. The summed E-state index contributed by atoms with van der Waals surface area (Å²) in [6, 6.07) is 8.63. The highest BCUT2D eigenvalue weighted by Crippen LogP contribution is 2.19. The summed E-state index contributed by atoms with van der Waals surface area (Å²) in [5.74, 6) is 0. The first-order valence-corrected chi connectivity index (χ1v) is 7.88. The lowest BCUT2D eigenvalue weighted by Gasteiger charge is -2.34. The summed E-state index contributed by atoms with van der Waals surface area (Å²) in [7, 11) is 0. The van der Waals surface area contributed by atoms with E-state index in [0.717, 1.165) is 37.9 Å². The van der Waals surface area contributed by atoms with Gasteiger partial charge in [0.1, 0.15) is 0 Å². The molecule has 2 N–H and O–H groups in total. The molecule has 5 heteroatoms. The number of rotatable bonds is 4. The van der Waals surface area contributed by atoms with Crippen LogP contribution in [0.3, 0.4) is 0 Å². The van der Waals surface area contributed by atoms with Crippen LogP contribution in [0.15, 0.2) is 35.8 Å². The Bertz CT molecular complexity index is 515. The Balaban J connectivity index is 1.53. The average Bonchev–Trinajstić information content (AvgIpc) is 3.03. The summed E-state index contributed by atoms with van der Waals surface area (Å²) in [6.45, 7) is 5.96. The van der Waals surface area contributed by atoms with Crippen molar-refractivity contribution in [2.24, 2.45) is 5.73 Å². The Morgan fingerprint density at radius 3 is 2.35 bits per heavy atom. The maximum absolute atomic E-state index is 5.62. The molecule has 1 aromatic heterocycles. The Morgan fingerprint density at radius 1 is 1.05 bits per heavy atom. The molecule has 1 aliphatic heterocycles. The number of thiazole rings is 1. The molecule has 0 bridgehead atoms. The average molecular weight is 288 g/mol. The number of benzene rings is 1. The van der Waals surface area contributed by atoms with Gasteiger partial charge in [0.15, 0.2) is 5.13 Å². The number of nitrogens with two attached hydrogens (primary N) is 1. The van der Waals surface area contributed by atoms with Gasteiger partial charge in [0, 0.05) is 50.8 Å². The van der Waals surface area contributed by atoms with Gasteiger partial charge in [0.05, 0.1) is 0 Å². The molecule has 1 saturated heterocycles. The third-order valence-corrected chi connectivity index (χ3v) is 4.56. The normalized spacial score (nSPS) is 16.6. The Morgan fingerprint density at radius 2 is 1.75 bits per heavy atom. The number of piperazine rings is 1. The summed E-state index contributed by atoms with van der Waals surface area (Å²) >= 11 is 1.72. The molecule has 0 unspecified atom stereocenters. The number of anilines is 1. The van der Waals surface area contributed by atoms with Crippen LogP contribution in [0.4, 0.5) is 5.13 Å². The lowest BCUT2D eigenvalue weighted by atomic mass is 10.1. The van der Waals surface area contributed by atoms with Crippen molar-refractivity contribution in [3.05, 3.63) is 47.0 Å². The molecular weight excluding hydrogens is 268 g/mol. The summed E-state index contributed by atoms with van der Waals surface area (Å²) < 4.78 is 0. The zero-order valence-corrected chi connectivity index (χ0v) is 12.4. The number of nitrogens with zero attached hydrogens (tertiary/aromatic N) is 3. The van der Waals surface area contributed by atoms with Crippen LogP contribution in [0.5, 0.6) is 0 Å². The van der Waals surface area contributed by atoms with E-state index in [1.54, 1.807) is 11.3 Å². The second-order valence-corrected chi connectivity index (χ2v) is 5.97. The molecule has 0 aliphatic carbocycles. The quantitative estimate of drug-likeness (QED) is 0.933. The second kappa shape index (κ2) is 6.35. The molecule has 0 spiro atoms. The monoisotopic (exact) mass is 288 g/mol. The first kappa shape index (κ1) is 13.5. The van der Waals surface area contributed by atoms with Gasteiger partial charge >= 0.3 is 0 Å². The summed E-state index contributed by atoms with van der Waals surface area (Å²) in [4.78, 5) is 9.26. The molecule has 1 aromatic carbocycles. The van der Waals surface area contributed by atoms with Gasteiger partial charge in [-0.05, 0) is 11.1 Å². The van der Waals surface area contributed by atoms with Gasteiger partial charge in [-0.25, -0.2) is 4.98 Å². The fraction of sp³-hybridized carbons (Fsp3) is 0.400. The van der Waals surface area contributed by atoms with Crippen LogP contribution >= 0.6 is 11.3 Å². The molecule has 20 heavy (non-hydrogen) atoms. The zero-order valence-electron chi connectivity index (χ0n) is 11.5. The molecule has 0 atom stereocenters. The van der Waals surface area contributed by atoms with E-state index in [4.69, 9.17) is 5.73 Å². The van der Waals surface area contributed by atoms with Crippen LogP contribution in [-0.2, 0) is 13.1 Å². The Kier molecular flexibility index (Phi) is 4.30. The molecule has 106 valence electrons. The first-order valence-electron chi connectivity index (χ1n) is 7.00. The van der Waals surface area contributed by atoms with Crippen molar-refractivity contribution in [1.29, 1.82) is 0 Å². The molecular formula is C15H20N4S. The van der Waals surface area contributed by atoms with E-state index in [0.29, 0.717) is 6.54 Å². The van der Waals surface area contributed by atoms with Crippen molar-refractivity contribution < 1.29 is 0 Å². The summed E-state index contributed by atoms with van der Waals surface area (Å²) in [6.07, 6.45) is 1.88. The lowest BCUT2D eigenvalue weighted by Crippen LogP contribution is -2.45. The van der Waals surface area contributed by atoms with Crippen molar-refractivity contribution in [3.8, 4) is 0 Å². The van der Waals surface area contributed by atoms with E-state index < -0.39 is 0 Å². The van der Waals surface area contributed by atoms with E-state index in [2.05, 4.69) is 39.0 Å². The Hall–Kier alpha value is -1.43. The van der Waals surface area contributed by atoms with Crippen molar-refractivity contribution >= 4 is 16.5 Å². The molecule has 0 radical (unpaired) electrons. The van der Waals surface area contributed by atoms with Crippen LogP contribution in [0.25, 0.3) is 0 Å². The maximum Gasteiger partial charge on any atom is 0.185 e. The van der Waals surface area contributed by atoms with Gasteiger partial charge in [-0.1, -0.05) is 24.3 Å². The molecule has 4 nitrogen and oxygen atoms in total. The van der Waals surface area contributed by atoms with Crippen molar-refractivity contribution in [1.82, 2.24) is 9.88 Å². The highest BCUT2D eigenvalue weighted by molar-refractivity contribution is 7.13. The van der Waals surface area contributed by atoms with Crippen LogP contribution in [0.1, 0.15) is 11.1 Å². The number of aromatic nitrogens is 1. The second-order valence-electron chi connectivity index (χ2n) is 5.10. The maximum atomic E-state index is 5.62. The topological polar surface area (TPSA) is 45.4 Å². The predicted octanol–water partition coefficient (Wildman–Crippen LogP) is 1.92. The summed E-state index contributed by atoms with van der Waals surface area (Å²) in [5.41, 5.74) is 8.19. The fourth-order valence-electron chi connectivity index (χ4n) is 2.51. The summed E-state index contributed by atoms with van der Waals surface area (Å²) in [5, 5.41) is 3.19. The lowest BCUT2D eigenvalue weighted by molar-refractivity contribution is 0.250. The highest BCUT2D eigenvalue weighted by Gasteiger charge is 2.18. The molecule has 2 aromatic rings. The van der Waals surface area contributed by atoms with Gasteiger partial charge in [-0.2, -0.15) is 0 Å². The molecule has 2 heterocycles. The van der Waals surface area contributed by atoms with Crippen molar-refractivity contribution in [2.45, 2.75) is 13.1 Å². The van der Waals surface area contributed by atoms with Crippen LogP contribution in [0.2, 0.25) is 0 Å². The highest BCUT2D eigenvalue weighted by atomic mass is 32.1. The molecule has 0 saturated carbocycles. The van der Waals surface area contributed by atoms with Crippen molar-refractivity contribution in [2.75, 3.05) is 31.1 Å². The van der Waals surface area contributed by atoms with Gasteiger partial charge in [-0.3, -0.25) is 4.90 Å².